The van der Waals surface area contributed by atoms with Crippen molar-refractivity contribution in [3.8, 4) is 0 Å². The van der Waals surface area contributed by atoms with Crippen LogP contribution in [0.15, 0.2) is 24.3 Å². The van der Waals surface area contributed by atoms with Crippen LogP contribution in [0.3, 0.4) is 0 Å². The van der Waals surface area contributed by atoms with E-state index in [2.05, 4.69) is 10.6 Å². The molecule has 5 heteroatoms. The second-order valence-electron chi connectivity index (χ2n) is 5.04. The van der Waals surface area contributed by atoms with E-state index in [0.29, 0.717) is 11.4 Å². The van der Waals surface area contributed by atoms with Crippen LogP contribution in [0.4, 0.5) is 0 Å². The van der Waals surface area contributed by atoms with E-state index in [1.165, 1.54) is 11.3 Å². The van der Waals surface area contributed by atoms with Gasteiger partial charge in [0.15, 0.2) is 0 Å². The summed E-state index contributed by atoms with van der Waals surface area (Å²) in [6, 6.07) is 7.40. The number of benzene rings is 1. The third kappa shape index (κ3) is 3.42. The van der Waals surface area contributed by atoms with Crippen molar-refractivity contribution < 1.29 is 9.59 Å². The first-order valence-corrected chi connectivity index (χ1v) is 7.93. The van der Waals surface area contributed by atoms with Gasteiger partial charge in [0, 0.05) is 11.2 Å². The number of carbonyl (C=O) groups is 2. The van der Waals surface area contributed by atoms with Crippen LogP contribution in [0.1, 0.15) is 35.5 Å². The fourth-order valence-electron chi connectivity index (χ4n) is 2.12. The van der Waals surface area contributed by atoms with Crippen molar-refractivity contribution in [2.75, 3.05) is 6.54 Å². The highest BCUT2D eigenvalue weighted by Crippen LogP contribution is 2.30. The van der Waals surface area contributed by atoms with E-state index in [1.54, 1.807) is 6.92 Å². The highest BCUT2D eigenvalue weighted by Gasteiger charge is 2.20. The summed E-state index contributed by atoms with van der Waals surface area (Å²) in [4.78, 5) is 24.8. The lowest BCUT2D eigenvalue weighted by Crippen LogP contribution is -2.44. The molecule has 0 aliphatic rings. The van der Waals surface area contributed by atoms with Crippen molar-refractivity contribution in [2.45, 2.75) is 33.2 Å². The van der Waals surface area contributed by atoms with Gasteiger partial charge < -0.3 is 10.6 Å². The van der Waals surface area contributed by atoms with E-state index in [1.807, 2.05) is 38.1 Å². The van der Waals surface area contributed by atoms with Gasteiger partial charge in [-0.15, -0.1) is 11.3 Å². The van der Waals surface area contributed by atoms with Crippen molar-refractivity contribution in [2.24, 2.45) is 0 Å². The molecule has 4 nitrogen and oxygen atoms in total. The predicted octanol–water partition coefficient (Wildman–Crippen LogP) is 2.85. The molecule has 0 fully saturated rings. The van der Waals surface area contributed by atoms with Crippen molar-refractivity contribution in [1.82, 2.24) is 10.6 Å². The predicted molar refractivity (Wildman–Crippen MR) is 86.8 cm³/mol. The van der Waals surface area contributed by atoms with Gasteiger partial charge in [-0.2, -0.15) is 0 Å². The van der Waals surface area contributed by atoms with Crippen molar-refractivity contribution in [1.29, 1.82) is 0 Å². The van der Waals surface area contributed by atoms with Crippen LogP contribution in [0.25, 0.3) is 10.1 Å². The average molecular weight is 304 g/mol. The summed E-state index contributed by atoms with van der Waals surface area (Å²) in [6.07, 6.45) is 0.877. The molecule has 0 saturated carbocycles. The highest BCUT2D eigenvalue weighted by molar-refractivity contribution is 7.21. The lowest BCUT2D eigenvalue weighted by Gasteiger charge is -2.13. The van der Waals surface area contributed by atoms with Crippen LogP contribution in [-0.4, -0.2) is 24.4 Å². The van der Waals surface area contributed by atoms with Gasteiger partial charge in [0.2, 0.25) is 5.91 Å². The van der Waals surface area contributed by atoms with E-state index in [0.717, 1.165) is 22.1 Å². The maximum Gasteiger partial charge on any atom is 0.262 e. The Kier molecular flexibility index (Phi) is 4.96. The lowest BCUT2D eigenvalue weighted by molar-refractivity contribution is -0.122. The quantitative estimate of drug-likeness (QED) is 0.892. The molecule has 1 heterocycles. The van der Waals surface area contributed by atoms with Gasteiger partial charge in [-0.3, -0.25) is 9.59 Å². The Hall–Kier alpha value is -1.88. The Bertz CT molecular complexity index is 663. The molecule has 2 rings (SSSR count). The molecule has 1 unspecified atom stereocenters. The van der Waals surface area contributed by atoms with Crippen LogP contribution in [0, 0.1) is 6.92 Å². The van der Waals surface area contributed by atoms with Gasteiger partial charge in [-0.25, -0.2) is 0 Å². The van der Waals surface area contributed by atoms with Gasteiger partial charge in [0.25, 0.3) is 5.91 Å². The van der Waals surface area contributed by atoms with Gasteiger partial charge in [-0.1, -0.05) is 25.1 Å². The molecule has 1 atom stereocenters. The number of amides is 2. The number of nitrogens with one attached hydrogen (secondary N) is 2. The van der Waals surface area contributed by atoms with Crippen LogP contribution >= 0.6 is 11.3 Å². The summed E-state index contributed by atoms with van der Waals surface area (Å²) in [6.45, 7) is 6.26. The molecule has 2 N–H and O–H groups in total. The fourth-order valence-corrected chi connectivity index (χ4v) is 3.23. The second-order valence-corrected chi connectivity index (χ2v) is 6.09. The van der Waals surface area contributed by atoms with Gasteiger partial charge >= 0.3 is 0 Å². The first kappa shape index (κ1) is 15.5. The zero-order valence-electron chi connectivity index (χ0n) is 12.5. The Morgan fingerprint density at radius 1 is 1.29 bits per heavy atom. The van der Waals surface area contributed by atoms with Crippen molar-refractivity contribution in [3.63, 3.8) is 0 Å². The minimum atomic E-state index is -0.534. The monoisotopic (exact) mass is 304 g/mol. The maximum atomic E-state index is 12.3. The van der Waals surface area contributed by atoms with Crippen LogP contribution in [0.2, 0.25) is 0 Å². The zero-order valence-corrected chi connectivity index (χ0v) is 13.3. The SMILES string of the molecule is CCCNC(=O)C(C)NC(=O)c1sc2ccccc2c1C. The van der Waals surface area contributed by atoms with E-state index in [9.17, 15) is 9.59 Å². The number of hydrogen-bond donors (Lipinski definition) is 2. The lowest BCUT2D eigenvalue weighted by atomic mass is 10.1. The van der Waals surface area contributed by atoms with E-state index < -0.39 is 6.04 Å². The molecule has 0 aliphatic carbocycles. The Morgan fingerprint density at radius 3 is 2.67 bits per heavy atom. The molecule has 0 aliphatic heterocycles. The van der Waals surface area contributed by atoms with Crippen molar-refractivity contribution >= 4 is 33.2 Å². The summed E-state index contributed by atoms with van der Waals surface area (Å²) in [5.41, 5.74) is 0.967. The second kappa shape index (κ2) is 6.72. The molecule has 112 valence electrons. The summed E-state index contributed by atoms with van der Waals surface area (Å²) >= 11 is 1.46. The van der Waals surface area contributed by atoms with Gasteiger partial charge in [0.1, 0.15) is 6.04 Å². The van der Waals surface area contributed by atoms with E-state index >= 15 is 0 Å². The summed E-state index contributed by atoms with van der Waals surface area (Å²) < 4.78 is 1.09. The minimum Gasteiger partial charge on any atom is -0.354 e. The summed E-state index contributed by atoms with van der Waals surface area (Å²) in [5, 5.41) is 6.64. The summed E-state index contributed by atoms with van der Waals surface area (Å²) in [7, 11) is 0. The highest BCUT2D eigenvalue weighted by atomic mass is 32.1. The fraction of sp³-hybridized carbons (Fsp3) is 0.375. The molecule has 0 bridgehead atoms. The molecule has 21 heavy (non-hydrogen) atoms. The maximum absolute atomic E-state index is 12.3. The molecule has 1 aromatic carbocycles. The first-order valence-electron chi connectivity index (χ1n) is 7.11. The Labute approximate surface area is 128 Å². The third-order valence-electron chi connectivity index (χ3n) is 3.34. The van der Waals surface area contributed by atoms with Crippen LogP contribution < -0.4 is 10.6 Å². The molecule has 0 spiro atoms. The van der Waals surface area contributed by atoms with Crippen LogP contribution in [0.5, 0.6) is 0 Å². The number of thiophene rings is 1. The molecule has 0 radical (unpaired) electrons. The largest absolute Gasteiger partial charge is 0.354 e. The van der Waals surface area contributed by atoms with Gasteiger partial charge in [0.05, 0.1) is 4.88 Å². The van der Waals surface area contributed by atoms with Crippen LogP contribution in [-0.2, 0) is 4.79 Å². The number of aryl methyl sites for hydroxylation is 1. The third-order valence-corrected chi connectivity index (χ3v) is 4.61. The minimum absolute atomic E-state index is 0.149. The molecule has 0 saturated heterocycles. The average Bonchev–Trinajstić information content (AvgIpc) is 2.82. The Morgan fingerprint density at radius 2 is 2.00 bits per heavy atom. The molecular formula is C16H20N2O2S. The number of fused-ring (bicyclic) bond motifs is 1. The summed E-state index contributed by atoms with van der Waals surface area (Å²) in [5.74, 6) is -0.336. The van der Waals surface area contributed by atoms with Crippen molar-refractivity contribution in [3.05, 3.63) is 34.7 Å². The molecule has 2 amide bonds. The molecule has 2 aromatic rings. The first-order chi connectivity index (χ1) is 10.0. The number of rotatable bonds is 5. The van der Waals surface area contributed by atoms with Gasteiger partial charge in [-0.05, 0) is 37.3 Å². The normalized spacial score (nSPS) is 12.1. The molecular weight excluding hydrogens is 284 g/mol. The Balaban J connectivity index is 2.12. The van der Waals surface area contributed by atoms with E-state index in [-0.39, 0.29) is 11.8 Å². The molecule has 1 aromatic heterocycles. The standard InChI is InChI=1S/C16H20N2O2S/c1-4-9-17-15(19)11(3)18-16(20)14-10(2)12-7-5-6-8-13(12)21-14/h5-8,11H,4,9H2,1-3H3,(H,17,19)(H,18,20). The van der Waals surface area contributed by atoms with E-state index in [4.69, 9.17) is 0 Å². The zero-order chi connectivity index (χ0) is 15.4. The topological polar surface area (TPSA) is 58.2 Å². The number of hydrogen-bond acceptors (Lipinski definition) is 3. The number of carbonyl (C=O) groups excluding carboxylic acids is 2. The smallest absolute Gasteiger partial charge is 0.262 e.